The number of β-amino-alcohol motifs (C(OH)–C–C–N with tert-alkyl or cyclic N) is 1. The van der Waals surface area contributed by atoms with Crippen LogP contribution < -0.4 is 5.32 Å². The maximum Gasteiger partial charge on any atom is 0.245 e. The molecule has 0 aromatic heterocycles. The Bertz CT molecular complexity index is 231. The van der Waals surface area contributed by atoms with Gasteiger partial charge < -0.3 is 15.3 Å². The van der Waals surface area contributed by atoms with Gasteiger partial charge in [0.2, 0.25) is 12.3 Å². The molecule has 1 aliphatic rings. The third kappa shape index (κ3) is 3.51. The first-order valence-corrected chi connectivity index (χ1v) is 5.31. The highest BCUT2D eigenvalue weighted by atomic mass is 16.3. The van der Waals surface area contributed by atoms with E-state index in [1.807, 2.05) is 0 Å². The molecule has 2 atom stereocenters. The Morgan fingerprint density at radius 3 is 3.00 bits per heavy atom. The van der Waals surface area contributed by atoms with Crippen LogP contribution in [-0.2, 0) is 9.59 Å². The van der Waals surface area contributed by atoms with E-state index >= 15 is 0 Å². The molecule has 15 heavy (non-hydrogen) atoms. The molecule has 0 radical (unpaired) electrons. The van der Waals surface area contributed by atoms with Gasteiger partial charge in [0.05, 0.1) is 6.10 Å². The summed E-state index contributed by atoms with van der Waals surface area (Å²) in [6.07, 6.45) is 2.58. The number of nitrogens with one attached hydrogen (secondary N) is 1. The molecule has 86 valence electrons. The number of aliphatic hydroxyl groups is 1. The second-order valence-corrected chi connectivity index (χ2v) is 3.97. The molecule has 1 unspecified atom stereocenters. The largest absolute Gasteiger partial charge is 0.392 e. The van der Waals surface area contributed by atoms with Crippen molar-refractivity contribution < 1.29 is 14.7 Å². The van der Waals surface area contributed by atoms with Crippen LogP contribution in [0.1, 0.15) is 26.2 Å². The molecular formula is C10H18N2O3. The van der Waals surface area contributed by atoms with Crippen molar-refractivity contribution in [2.24, 2.45) is 0 Å². The van der Waals surface area contributed by atoms with Crippen molar-refractivity contribution in [3.05, 3.63) is 0 Å². The Morgan fingerprint density at radius 2 is 2.40 bits per heavy atom. The number of rotatable bonds is 4. The van der Waals surface area contributed by atoms with Gasteiger partial charge in [0.15, 0.2) is 0 Å². The summed E-state index contributed by atoms with van der Waals surface area (Å²) in [5.74, 6) is -0.0829. The molecule has 0 aromatic carbocycles. The van der Waals surface area contributed by atoms with Gasteiger partial charge in [-0.25, -0.2) is 0 Å². The number of amides is 2. The Hall–Kier alpha value is -1.10. The first-order valence-electron chi connectivity index (χ1n) is 5.31. The average molecular weight is 214 g/mol. The van der Waals surface area contributed by atoms with Crippen molar-refractivity contribution >= 4 is 12.3 Å². The van der Waals surface area contributed by atoms with Crippen LogP contribution in [0.5, 0.6) is 0 Å². The van der Waals surface area contributed by atoms with Crippen LogP contribution in [0.4, 0.5) is 0 Å². The first-order chi connectivity index (χ1) is 7.15. The second kappa shape index (κ2) is 5.70. The SMILES string of the molecule is CC(O)CN1CCCC[C@H](NC=O)C1=O. The monoisotopic (exact) mass is 214 g/mol. The van der Waals surface area contributed by atoms with Crippen LogP contribution in [0.2, 0.25) is 0 Å². The zero-order chi connectivity index (χ0) is 11.3. The lowest BCUT2D eigenvalue weighted by molar-refractivity contribution is -0.135. The van der Waals surface area contributed by atoms with Crippen LogP contribution in [0.15, 0.2) is 0 Å². The van der Waals surface area contributed by atoms with Gasteiger partial charge >= 0.3 is 0 Å². The molecule has 2 amide bonds. The van der Waals surface area contributed by atoms with Gasteiger partial charge in [-0.15, -0.1) is 0 Å². The van der Waals surface area contributed by atoms with Crippen LogP contribution in [0.3, 0.4) is 0 Å². The van der Waals surface area contributed by atoms with Crippen molar-refractivity contribution in [3.8, 4) is 0 Å². The zero-order valence-electron chi connectivity index (χ0n) is 8.98. The van der Waals surface area contributed by atoms with Gasteiger partial charge in [-0.1, -0.05) is 0 Å². The van der Waals surface area contributed by atoms with Crippen LogP contribution in [0, 0.1) is 0 Å². The Labute approximate surface area is 89.4 Å². The quantitative estimate of drug-likeness (QED) is 0.619. The molecule has 1 heterocycles. The topological polar surface area (TPSA) is 69.6 Å². The van der Waals surface area contributed by atoms with Crippen molar-refractivity contribution in [2.75, 3.05) is 13.1 Å². The summed E-state index contributed by atoms with van der Waals surface area (Å²) in [6.45, 7) is 2.66. The smallest absolute Gasteiger partial charge is 0.245 e. The van der Waals surface area contributed by atoms with Crippen molar-refractivity contribution in [3.63, 3.8) is 0 Å². The molecule has 0 aliphatic carbocycles. The molecule has 1 rings (SSSR count). The van der Waals surface area contributed by atoms with E-state index in [2.05, 4.69) is 5.32 Å². The molecule has 1 aliphatic heterocycles. The fraction of sp³-hybridized carbons (Fsp3) is 0.800. The minimum absolute atomic E-state index is 0.0829. The summed E-state index contributed by atoms with van der Waals surface area (Å²) in [5.41, 5.74) is 0. The zero-order valence-corrected chi connectivity index (χ0v) is 8.98. The third-order valence-corrected chi connectivity index (χ3v) is 2.53. The Kier molecular flexibility index (Phi) is 4.55. The van der Waals surface area contributed by atoms with Crippen LogP contribution in [-0.4, -0.2) is 47.6 Å². The molecule has 0 spiro atoms. The Balaban J connectivity index is 2.61. The molecule has 1 fully saturated rings. The number of nitrogens with zero attached hydrogens (tertiary/aromatic N) is 1. The highest BCUT2D eigenvalue weighted by Gasteiger charge is 2.26. The minimum atomic E-state index is -0.524. The van der Waals surface area contributed by atoms with E-state index < -0.39 is 12.1 Å². The summed E-state index contributed by atoms with van der Waals surface area (Å²) in [7, 11) is 0. The number of hydrogen-bond donors (Lipinski definition) is 2. The molecule has 0 bridgehead atoms. The molecular weight excluding hydrogens is 196 g/mol. The summed E-state index contributed by atoms with van der Waals surface area (Å²) in [6, 6.07) is -0.413. The second-order valence-electron chi connectivity index (χ2n) is 3.97. The standard InChI is InChI=1S/C10H18N2O3/c1-8(14)6-12-5-3-2-4-9(10(12)15)11-7-13/h7-9,14H,2-6H2,1H3,(H,11,13)/t8?,9-/m0/s1. The van der Waals surface area contributed by atoms with Crippen LogP contribution in [0.25, 0.3) is 0 Å². The molecule has 0 saturated carbocycles. The molecule has 5 heteroatoms. The molecule has 2 N–H and O–H groups in total. The van der Waals surface area contributed by atoms with E-state index in [9.17, 15) is 14.7 Å². The van der Waals surface area contributed by atoms with Crippen molar-refractivity contribution in [2.45, 2.75) is 38.3 Å². The third-order valence-electron chi connectivity index (χ3n) is 2.53. The summed E-state index contributed by atoms with van der Waals surface area (Å²) in [4.78, 5) is 23.8. The van der Waals surface area contributed by atoms with Gasteiger partial charge in [-0.3, -0.25) is 9.59 Å². The average Bonchev–Trinajstić information content (AvgIpc) is 2.33. The lowest BCUT2D eigenvalue weighted by atomic mass is 10.1. The van der Waals surface area contributed by atoms with E-state index in [4.69, 9.17) is 0 Å². The minimum Gasteiger partial charge on any atom is -0.392 e. The van der Waals surface area contributed by atoms with Gasteiger partial charge in [-0.2, -0.15) is 0 Å². The fourth-order valence-corrected chi connectivity index (χ4v) is 1.84. The highest BCUT2D eigenvalue weighted by molar-refractivity contribution is 5.83. The van der Waals surface area contributed by atoms with E-state index in [1.54, 1.807) is 11.8 Å². The van der Waals surface area contributed by atoms with Gasteiger partial charge in [0.1, 0.15) is 6.04 Å². The molecule has 1 saturated heterocycles. The van der Waals surface area contributed by atoms with E-state index in [0.29, 0.717) is 25.9 Å². The van der Waals surface area contributed by atoms with E-state index in [1.165, 1.54) is 0 Å². The predicted octanol–water partition coefficient (Wildman–Crippen LogP) is -0.506. The van der Waals surface area contributed by atoms with E-state index in [-0.39, 0.29) is 5.91 Å². The van der Waals surface area contributed by atoms with Crippen molar-refractivity contribution in [1.82, 2.24) is 10.2 Å². The lowest BCUT2D eigenvalue weighted by Crippen LogP contribution is -2.46. The van der Waals surface area contributed by atoms with Gasteiger partial charge in [-0.05, 0) is 26.2 Å². The number of hydrogen-bond acceptors (Lipinski definition) is 3. The number of aliphatic hydroxyl groups excluding tert-OH is 1. The predicted molar refractivity (Wildman–Crippen MR) is 55.1 cm³/mol. The number of carbonyl (C=O) groups excluding carboxylic acids is 2. The summed E-state index contributed by atoms with van der Waals surface area (Å²) < 4.78 is 0. The highest BCUT2D eigenvalue weighted by Crippen LogP contribution is 2.12. The van der Waals surface area contributed by atoms with Gasteiger partial charge in [0, 0.05) is 13.1 Å². The maximum atomic E-state index is 11.9. The molecule has 5 nitrogen and oxygen atoms in total. The van der Waals surface area contributed by atoms with Gasteiger partial charge in [0.25, 0.3) is 0 Å². The van der Waals surface area contributed by atoms with E-state index in [0.717, 1.165) is 12.8 Å². The normalized spacial score (nSPS) is 24.5. The number of likely N-dealkylation sites (tertiary alicyclic amines) is 1. The summed E-state index contributed by atoms with van der Waals surface area (Å²) >= 11 is 0. The lowest BCUT2D eigenvalue weighted by Gasteiger charge is -2.25. The molecule has 0 aromatic rings. The van der Waals surface area contributed by atoms with Crippen LogP contribution >= 0.6 is 0 Å². The Morgan fingerprint density at radius 1 is 1.67 bits per heavy atom. The van der Waals surface area contributed by atoms with Crippen molar-refractivity contribution in [1.29, 1.82) is 0 Å². The fourth-order valence-electron chi connectivity index (χ4n) is 1.84. The number of carbonyl (C=O) groups is 2. The first kappa shape index (κ1) is 12.0. The summed E-state index contributed by atoms with van der Waals surface area (Å²) in [5, 5.41) is 11.8. The maximum absolute atomic E-state index is 11.9.